The number of thiol groups is 1. The number of carbonyl (C=O) groups is 1. The largest absolute Gasteiger partial charge is 0.384 e. The summed E-state index contributed by atoms with van der Waals surface area (Å²) in [5, 5.41) is 2.66. The Morgan fingerprint density at radius 1 is 1.59 bits per heavy atom. The topological polar surface area (TPSA) is 38.3 Å². The molecule has 0 aliphatic carbocycles. The van der Waals surface area contributed by atoms with Crippen molar-refractivity contribution in [2.24, 2.45) is 5.92 Å². The predicted molar refractivity (Wildman–Crippen MR) is 67.0 cm³/mol. The number of halogens is 1. The Kier molecular flexibility index (Phi) is 5.44. The van der Waals surface area contributed by atoms with Crippen LogP contribution in [0.2, 0.25) is 0 Å². The van der Waals surface area contributed by atoms with Crippen LogP contribution in [0.5, 0.6) is 0 Å². The molecule has 1 atom stereocenters. The standard InChI is InChI=1S/C12H16FNO2S/c1-8(7-16-2)6-14-12(15)10-5-9(17)3-4-11(10)13/h3-5,8,17H,6-7H2,1-2H3,(H,14,15). The van der Waals surface area contributed by atoms with Gasteiger partial charge in [0.05, 0.1) is 12.2 Å². The molecule has 1 rings (SSSR count). The van der Waals surface area contributed by atoms with Crippen LogP contribution >= 0.6 is 12.6 Å². The van der Waals surface area contributed by atoms with E-state index in [-0.39, 0.29) is 11.5 Å². The first kappa shape index (κ1) is 14.0. The van der Waals surface area contributed by atoms with Gasteiger partial charge in [-0.2, -0.15) is 0 Å². The molecule has 0 saturated heterocycles. The number of rotatable bonds is 5. The zero-order valence-corrected chi connectivity index (χ0v) is 10.8. The summed E-state index contributed by atoms with van der Waals surface area (Å²) in [5.41, 5.74) is 0.0158. The van der Waals surface area contributed by atoms with E-state index >= 15 is 0 Å². The molecule has 17 heavy (non-hydrogen) atoms. The SMILES string of the molecule is COCC(C)CNC(=O)c1cc(S)ccc1F. The second-order valence-electron chi connectivity index (χ2n) is 3.93. The molecular formula is C12H16FNO2S. The molecule has 0 saturated carbocycles. The van der Waals surface area contributed by atoms with Crippen molar-refractivity contribution in [2.75, 3.05) is 20.3 Å². The molecule has 0 aromatic heterocycles. The number of benzene rings is 1. The van der Waals surface area contributed by atoms with E-state index in [0.29, 0.717) is 18.0 Å². The molecular weight excluding hydrogens is 241 g/mol. The van der Waals surface area contributed by atoms with Crippen LogP contribution in [0.25, 0.3) is 0 Å². The van der Waals surface area contributed by atoms with Crippen molar-refractivity contribution in [2.45, 2.75) is 11.8 Å². The molecule has 0 radical (unpaired) electrons. The number of nitrogens with one attached hydrogen (secondary N) is 1. The average molecular weight is 257 g/mol. The molecule has 1 aromatic carbocycles. The average Bonchev–Trinajstić information content (AvgIpc) is 2.29. The molecule has 3 nitrogen and oxygen atoms in total. The van der Waals surface area contributed by atoms with Crippen LogP contribution in [0, 0.1) is 11.7 Å². The highest BCUT2D eigenvalue weighted by molar-refractivity contribution is 7.80. The Bertz CT molecular complexity index is 398. The predicted octanol–water partition coefficient (Wildman–Crippen LogP) is 2.13. The van der Waals surface area contributed by atoms with Crippen LogP contribution < -0.4 is 5.32 Å². The minimum atomic E-state index is -0.542. The van der Waals surface area contributed by atoms with Crippen LogP contribution in [0.15, 0.2) is 23.1 Å². The third-order valence-electron chi connectivity index (χ3n) is 2.26. The molecule has 0 bridgehead atoms. The van der Waals surface area contributed by atoms with E-state index in [4.69, 9.17) is 4.74 Å². The second kappa shape index (κ2) is 6.61. The third-order valence-corrected chi connectivity index (χ3v) is 2.54. The maximum absolute atomic E-state index is 13.4. The number of hydrogen-bond acceptors (Lipinski definition) is 3. The second-order valence-corrected chi connectivity index (χ2v) is 4.45. The van der Waals surface area contributed by atoms with Crippen molar-refractivity contribution in [1.29, 1.82) is 0 Å². The number of carbonyl (C=O) groups excluding carboxylic acids is 1. The fourth-order valence-electron chi connectivity index (χ4n) is 1.39. The molecule has 1 aromatic rings. The fraction of sp³-hybridized carbons (Fsp3) is 0.417. The highest BCUT2D eigenvalue weighted by Crippen LogP contribution is 2.13. The summed E-state index contributed by atoms with van der Waals surface area (Å²) in [6.07, 6.45) is 0. The summed E-state index contributed by atoms with van der Waals surface area (Å²) in [5.74, 6) is -0.785. The molecule has 94 valence electrons. The Labute approximate surface area is 106 Å². The van der Waals surface area contributed by atoms with Gasteiger partial charge in [-0.25, -0.2) is 4.39 Å². The first-order chi connectivity index (χ1) is 8.04. The van der Waals surface area contributed by atoms with Crippen LogP contribution in [0.3, 0.4) is 0 Å². The molecule has 0 aliphatic heterocycles. The lowest BCUT2D eigenvalue weighted by atomic mass is 10.1. The van der Waals surface area contributed by atoms with E-state index in [9.17, 15) is 9.18 Å². The summed E-state index contributed by atoms with van der Waals surface area (Å²) in [6.45, 7) is 2.94. The Balaban J connectivity index is 2.61. The van der Waals surface area contributed by atoms with E-state index in [2.05, 4.69) is 17.9 Å². The molecule has 0 fully saturated rings. The molecule has 1 N–H and O–H groups in total. The first-order valence-electron chi connectivity index (χ1n) is 5.30. The van der Waals surface area contributed by atoms with Crippen LogP contribution in [-0.4, -0.2) is 26.2 Å². The van der Waals surface area contributed by atoms with Crippen molar-refractivity contribution >= 4 is 18.5 Å². The van der Waals surface area contributed by atoms with Crippen molar-refractivity contribution in [3.05, 3.63) is 29.6 Å². The van der Waals surface area contributed by atoms with Gasteiger partial charge in [0.2, 0.25) is 0 Å². The lowest BCUT2D eigenvalue weighted by Crippen LogP contribution is -2.30. The van der Waals surface area contributed by atoms with E-state index in [0.717, 1.165) is 0 Å². The summed E-state index contributed by atoms with van der Waals surface area (Å²) >= 11 is 4.07. The number of ether oxygens (including phenoxy) is 1. The van der Waals surface area contributed by atoms with Gasteiger partial charge in [-0.1, -0.05) is 6.92 Å². The van der Waals surface area contributed by atoms with Gasteiger partial charge in [0.15, 0.2) is 0 Å². The smallest absolute Gasteiger partial charge is 0.254 e. The molecule has 5 heteroatoms. The number of amides is 1. The maximum atomic E-state index is 13.4. The van der Waals surface area contributed by atoms with Gasteiger partial charge in [0, 0.05) is 18.6 Å². The summed E-state index contributed by atoms with van der Waals surface area (Å²) in [7, 11) is 1.60. The van der Waals surface area contributed by atoms with Gasteiger partial charge in [0.25, 0.3) is 5.91 Å². The maximum Gasteiger partial charge on any atom is 0.254 e. The highest BCUT2D eigenvalue weighted by atomic mass is 32.1. The van der Waals surface area contributed by atoms with Crippen LogP contribution in [0.1, 0.15) is 17.3 Å². The number of methoxy groups -OCH3 is 1. The summed E-state index contributed by atoms with van der Waals surface area (Å²) < 4.78 is 18.3. The minimum Gasteiger partial charge on any atom is -0.384 e. The normalized spacial score (nSPS) is 12.2. The summed E-state index contributed by atoms with van der Waals surface area (Å²) in [4.78, 5) is 12.3. The zero-order valence-electron chi connectivity index (χ0n) is 9.87. The lowest BCUT2D eigenvalue weighted by molar-refractivity contribution is 0.0930. The van der Waals surface area contributed by atoms with E-state index in [1.807, 2.05) is 6.92 Å². The molecule has 0 spiro atoms. The third kappa shape index (κ3) is 4.36. The van der Waals surface area contributed by atoms with Gasteiger partial charge in [0.1, 0.15) is 5.82 Å². The number of hydrogen-bond donors (Lipinski definition) is 2. The highest BCUT2D eigenvalue weighted by Gasteiger charge is 2.12. The lowest BCUT2D eigenvalue weighted by Gasteiger charge is -2.12. The van der Waals surface area contributed by atoms with Crippen molar-refractivity contribution < 1.29 is 13.9 Å². The van der Waals surface area contributed by atoms with E-state index in [1.165, 1.54) is 18.2 Å². The van der Waals surface area contributed by atoms with Crippen molar-refractivity contribution in [3.63, 3.8) is 0 Å². The van der Waals surface area contributed by atoms with E-state index < -0.39 is 11.7 Å². The van der Waals surface area contributed by atoms with Gasteiger partial charge in [-0.3, -0.25) is 4.79 Å². The van der Waals surface area contributed by atoms with Crippen molar-refractivity contribution in [1.82, 2.24) is 5.32 Å². The van der Waals surface area contributed by atoms with Crippen LogP contribution in [-0.2, 0) is 4.74 Å². The molecule has 0 heterocycles. The van der Waals surface area contributed by atoms with Gasteiger partial charge >= 0.3 is 0 Å². The van der Waals surface area contributed by atoms with E-state index in [1.54, 1.807) is 7.11 Å². The van der Waals surface area contributed by atoms with Gasteiger partial charge < -0.3 is 10.1 Å². The molecule has 0 aliphatic rings. The van der Waals surface area contributed by atoms with Gasteiger partial charge in [-0.15, -0.1) is 12.6 Å². The Hall–Kier alpha value is -1.07. The fourth-order valence-corrected chi connectivity index (χ4v) is 1.60. The minimum absolute atomic E-state index is 0.0158. The zero-order chi connectivity index (χ0) is 12.8. The summed E-state index contributed by atoms with van der Waals surface area (Å²) in [6, 6.07) is 4.15. The molecule has 1 unspecified atom stereocenters. The Morgan fingerprint density at radius 2 is 2.29 bits per heavy atom. The molecule has 1 amide bonds. The first-order valence-corrected chi connectivity index (χ1v) is 5.75. The van der Waals surface area contributed by atoms with Crippen molar-refractivity contribution in [3.8, 4) is 0 Å². The monoisotopic (exact) mass is 257 g/mol. The Morgan fingerprint density at radius 3 is 2.94 bits per heavy atom. The quantitative estimate of drug-likeness (QED) is 0.793. The van der Waals surface area contributed by atoms with Crippen LogP contribution in [0.4, 0.5) is 4.39 Å². The van der Waals surface area contributed by atoms with Gasteiger partial charge in [-0.05, 0) is 24.1 Å².